The molecule has 0 fully saturated rings. The van der Waals surface area contributed by atoms with Crippen LogP contribution in [0.1, 0.15) is 11.4 Å². The lowest BCUT2D eigenvalue weighted by atomic mass is 9.91. The number of aromatic nitrogens is 5. The second-order valence-corrected chi connectivity index (χ2v) is 13.9. The van der Waals surface area contributed by atoms with Gasteiger partial charge in [-0.25, -0.2) is 15.0 Å². The van der Waals surface area contributed by atoms with Gasteiger partial charge in [0.2, 0.25) is 0 Å². The average Bonchev–Trinajstić information content (AvgIpc) is 3.77. The van der Waals surface area contributed by atoms with E-state index in [1.165, 1.54) is 50.0 Å². The van der Waals surface area contributed by atoms with Crippen LogP contribution in [0.2, 0.25) is 0 Å². The largest absolute Gasteiger partial charge is 0.313 e. The highest BCUT2D eigenvalue weighted by molar-refractivity contribution is 6.10. The van der Waals surface area contributed by atoms with Gasteiger partial charge in [-0.2, -0.15) is 0 Å². The number of hydrogen-bond donors (Lipinski definition) is 0. The van der Waals surface area contributed by atoms with E-state index in [1.54, 1.807) is 0 Å². The molecule has 0 atom stereocenters. The molecule has 3 heterocycles. The number of nitrogens with zero attached hydrogens (tertiary/aromatic N) is 5. The molecule has 7 aromatic carbocycles. The lowest BCUT2D eigenvalue weighted by molar-refractivity contribution is 0.822. The van der Waals surface area contributed by atoms with Gasteiger partial charge in [0, 0.05) is 61.4 Å². The quantitative estimate of drug-likeness (QED) is 0.180. The van der Waals surface area contributed by atoms with Gasteiger partial charge in [-0.3, -0.25) is 0 Å². The summed E-state index contributed by atoms with van der Waals surface area (Å²) in [6.45, 7) is 0. The van der Waals surface area contributed by atoms with E-state index >= 15 is 0 Å². The molecule has 11 rings (SSSR count). The Kier molecular flexibility index (Phi) is 6.92. The second kappa shape index (κ2) is 12.2. The van der Waals surface area contributed by atoms with Crippen LogP contribution in [-0.2, 0) is 12.8 Å². The van der Waals surface area contributed by atoms with Crippen molar-refractivity contribution in [3.05, 3.63) is 187 Å². The molecule has 0 spiro atoms. The van der Waals surface area contributed by atoms with Gasteiger partial charge in [0.1, 0.15) is 0 Å². The van der Waals surface area contributed by atoms with Gasteiger partial charge in [-0.05, 0) is 60.0 Å². The Balaban J connectivity index is 1.10. The molecule has 3 aromatic heterocycles. The van der Waals surface area contributed by atoms with Crippen LogP contribution in [0.25, 0.3) is 89.2 Å². The van der Waals surface area contributed by atoms with Crippen molar-refractivity contribution < 1.29 is 0 Å². The van der Waals surface area contributed by atoms with Crippen molar-refractivity contribution in [3.8, 4) is 56.7 Å². The Hall–Kier alpha value is -7.11. The third-order valence-corrected chi connectivity index (χ3v) is 10.9. The minimum Gasteiger partial charge on any atom is -0.313 e. The summed E-state index contributed by atoms with van der Waals surface area (Å²) in [5.74, 6) is 1.98. The van der Waals surface area contributed by atoms with Gasteiger partial charge in [-0.1, -0.05) is 140 Å². The van der Waals surface area contributed by atoms with Gasteiger partial charge in [0.05, 0.1) is 11.0 Å². The maximum atomic E-state index is 5.06. The first-order valence-electron chi connectivity index (χ1n) is 18.5. The molecule has 0 saturated carbocycles. The van der Waals surface area contributed by atoms with E-state index in [9.17, 15) is 0 Å². The van der Waals surface area contributed by atoms with Crippen molar-refractivity contribution in [1.82, 2.24) is 24.1 Å². The fraction of sp³-hybridized carbons (Fsp3) is 0.0408. The normalized spacial score (nSPS) is 12.3. The predicted molar refractivity (Wildman–Crippen MR) is 220 cm³/mol. The molecule has 1 aliphatic carbocycles. The van der Waals surface area contributed by atoms with Crippen LogP contribution >= 0.6 is 0 Å². The Morgan fingerprint density at radius 2 is 0.870 bits per heavy atom. The highest BCUT2D eigenvalue weighted by Crippen LogP contribution is 2.47. The molecule has 254 valence electrons. The van der Waals surface area contributed by atoms with Crippen LogP contribution in [0, 0.1) is 0 Å². The Morgan fingerprint density at radius 3 is 1.46 bits per heavy atom. The molecular formula is C49H33N5. The van der Waals surface area contributed by atoms with Crippen molar-refractivity contribution in [1.29, 1.82) is 0 Å². The van der Waals surface area contributed by atoms with Gasteiger partial charge in [0.15, 0.2) is 17.5 Å². The van der Waals surface area contributed by atoms with Crippen LogP contribution in [0.15, 0.2) is 176 Å². The molecule has 54 heavy (non-hydrogen) atoms. The van der Waals surface area contributed by atoms with E-state index in [0.717, 1.165) is 46.0 Å². The maximum Gasteiger partial charge on any atom is 0.164 e. The minimum atomic E-state index is 0.659. The topological polar surface area (TPSA) is 48.5 Å². The Bertz CT molecular complexity index is 2970. The van der Waals surface area contributed by atoms with Gasteiger partial charge >= 0.3 is 0 Å². The molecule has 0 unspecified atom stereocenters. The summed E-state index contributed by atoms with van der Waals surface area (Å²) >= 11 is 0. The fourth-order valence-corrected chi connectivity index (χ4v) is 8.55. The molecule has 10 aromatic rings. The molecule has 1 aliphatic rings. The summed E-state index contributed by atoms with van der Waals surface area (Å²) in [4.78, 5) is 15.0. The third-order valence-electron chi connectivity index (χ3n) is 10.9. The molecule has 5 nitrogen and oxygen atoms in total. The number of hydrogen-bond acceptors (Lipinski definition) is 3. The highest BCUT2D eigenvalue weighted by atomic mass is 15.0. The summed E-state index contributed by atoms with van der Waals surface area (Å²) in [6, 6.07) is 62.1. The highest BCUT2D eigenvalue weighted by Gasteiger charge is 2.30. The third kappa shape index (κ3) is 4.75. The van der Waals surface area contributed by atoms with Crippen molar-refractivity contribution in [2.75, 3.05) is 0 Å². The first-order valence-corrected chi connectivity index (χ1v) is 18.5. The van der Waals surface area contributed by atoms with Crippen LogP contribution in [0.5, 0.6) is 0 Å². The molecule has 0 bridgehead atoms. The SMILES string of the molecule is c1ccc(-c2nc(-c3ccccc3)nc(-c3cccc4cc(-n5c6c(c7ccccc75)-c5c(n(-c7ccccc7)c7ccccc57)CC6)ccc34)n2)cc1. The van der Waals surface area contributed by atoms with Crippen molar-refractivity contribution >= 4 is 32.6 Å². The Morgan fingerprint density at radius 1 is 0.370 bits per heavy atom. The first-order chi connectivity index (χ1) is 26.8. The second-order valence-electron chi connectivity index (χ2n) is 13.9. The standard InChI is InChI=1S/C49H33N5/c1-4-15-32(16-5-1)47-50-48(33-17-6-2-7-18-33)52-49(51-47)38-24-14-19-34-31-36(27-28-37(34)38)54-42-26-13-11-23-40(42)46-44(54)30-29-43-45(46)39-22-10-12-25-41(39)53(43)35-20-8-3-9-21-35/h1-28,31H,29-30H2. The van der Waals surface area contributed by atoms with Gasteiger partial charge < -0.3 is 9.13 Å². The molecule has 5 heteroatoms. The maximum absolute atomic E-state index is 5.06. The van der Waals surface area contributed by atoms with Crippen LogP contribution in [-0.4, -0.2) is 24.1 Å². The number of benzene rings is 7. The molecule has 0 N–H and O–H groups in total. The lowest BCUT2D eigenvalue weighted by Gasteiger charge is -2.20. The van der Waals surface area contributed by atoms with Crippen molar-refractivity contribution in [2.45, 2.75) is 12.8 Å². The predicted octanol–water partition coefficient (Wildman–Crippen LogP) is 11.7. The van der Waals surface area contributed by atoms with E-state index in [2.05, 4.69) is 124 Å². The van der Waals surface area contributed by atoms with E-state index in [-0.39, 0.29) is 0 Å². The first kappa shape index (κ1) is 30.5. The Labute approximate surface area is 312 Å². The van der Waals surface area contributed by atoms with Crippen LogP contribution in [0.3, 0.4) is 0 Å². The molecule has 0 aliphatic heterocycles. The van der Waals surface area contributed by atoms with Crippen molar-refractivity contribution in [3.63, 3.8) is 0 Å². The summed E-state index contributed by atoms with van der Waals surface area (Å²) in [6.07, 6.45) is 1.89. The van der Waals surface area contributed by atoms with Crippen molar-refractivity contribution in [2.24, 2.45) is 0 Å². The minimum absolute atomic E-state index is 0.659. The number of fused-ring (bicyclic) bond motifs is 8. The fourth-order valence-electron chi connectivity index (χ4n) is 8.55. The summed E-state index contributed by atoms with van der Waals surface area (Å²) in [7, 11) is 0. The van der Waals surface area contributed by atoms with E-state index in [4.69, 9.17) is 15.0 Å². The zero-order valence-corrected chi connectivity index (χ0v) is 29.4. The number of rotatable bonds is 5. The molecule has 0 radical (unpaired) electrons. The van der Waals surface area contributed by atoms with Gasteiger partial charge in [-0.15, -0.1) is 0 Å². The number of para-hydroxylation sites is 3. The monoisotopic (exact) mass is 691 g/mol. The molecule has 0 saturated heterocycles. The average molecular weight is 692 g/mol. The summed E-state index contributed by atoms with van der Waals surface area (Å²) < 4.78 is 4.98. The zero-order valence-electron chi connectivity index (χ0n) is 29.4. The van der Waals surface area contributed by atoms with E-state index in [1.807, 2.05) is 60.7 Å². The van der Waals surface area contributed by atoms with Crippen LogP contribution < -0.4 is 0 Å². The zero-order chi connectivity index (χ0) is 35.6. The molecule has 0 amide bonds. The van der Waals surface area contributed by atoms with Gasteiger partial charge in [0.25, 0.3) is 0 Å². The smallest absolute Gasteiger partial charge is 0.164 e. The van der Waals surface area contributed by atoms with Crippen LogP contribution in [0.4, 0.5) is 0 Å². The summed E-state index contributed by atoms with van der Waals surface area (Å²) in [5, 5.41) is 4.82. The van der Waals surface area contributed by atoms with E-state index in [0.29, 0.717) is 17.5 Å². The molecular weight excluding hydrogens is 659 g/mol. The van der Waals surface area contributed by atoms with E-state index < -0.39 is 0 Å². The summed E-state index contributed by atoms with van der Waals surface area (Å²) in [5.41, 5.74) is 13.2. The lowest BCUT2D eigenvalue weighted by Crippen LogP contribution is -2.10.